The molecular weight excluding hydrogens is 428 g/mol. The summed E-state index contributed by atoms with van der Waals surface area (Å²) >= 11 is 0. The number of nitrogens with zero attached hydrogens (tertiary/aromatic N) is 1. The molecule has 0 radical (unpaired) electrons. The van der Waals surface area contributed by atoms with Crippen LogP contribution in [0, 0.1) is 0 Å². The van der Waals surface area contributed by atoms with Crippen molar-refractivity contribution in [3.8, 4) is 0 Å². The van der Waals surface area contributed by atoms with E-state index in [1.807, 2.05) is 10.8 Å². The molecule has 2 aromatic rings. The van der Waals surface area contributed by atoms with Crippen molar-refractivity contribution in [1.29, 1.82) is 0 Å². The van der Waals surface area contributed by atoms with Gasteiger partial charge in [-0.1, -0.05) is 30.3 Å². The van der Waals surface area contributed by atoms with Crippen molar-refractivity contribution < 1.29 is 32.6 Å². The molecule has 0 aliphatic heterocycles. The van der Waals surface area contributed by atoms with E-state index in [4.69, 9.17) is 4.42 Å². The van der Waals surface area contributed by atoms with Crippen molar-refractivity contribution in [3.63, 3.8) is 0 Å². The maximum Gasteiger partial charge on any atom is 0.309 e. The molecule has 4 atom stereocenters. The molecule has 0 aliphatic carbocycles. The van der Waals surface area contributed by atoms with Gasteiger partial charge in [0.15, 0.2) is 5.69 Å². The lowest BCUT2D eigenvalue weighted by molar-refractivity contribution is -0.121. The van der Waals surface area contributed by atoms with Gasteiger partial charge < -0.3 is 25.3 Å². The third-order valence-electron chi connectivity index (χ3n) is 4.33. The van der Waals surface area contributed by atoms with Crippen LogP contribution in [0.25, 0.3) is 0 Å². The number of sulfonamides is 1. The van der Waals surface area contributed by atoms with Crippen LogP contribution in [0.2, 0.25) is 0 Å². The third-order valence-corrected chi connectivity index (χ3v) is 4.88. The first kappa shape index (κ1) is 24.3. The predicted octanol–water partition coefficient (Wildman–Crippen LogP) is -0.366. The number of rotatable bonds is 10. The van der Waals surface area contributed by atoms with Gasteiger partial charge in [0.2, 0.25) is 15.9 Å². The Morgan fingerprint density at radius 1 is 1.13 bits per heavy atom. The van der Waals surface area contributed by atoms with Crippen molar-refractivity contribution in [1.82, 2.24) is 15.6 Å². The SMILES string of the molecule is CC(=O)NC(C)C(O)C(O)C(Cc1ccccc1)NC(=O)c1coc(NS(C)(=O)=O)n1. The van der Waals surface area contributed by atoms with Gasteiger partial charge in [0.25, 0.3) is 5.91 Å². The van der Waals surface area contributed by atoms with Gasteiger partial charge in [-0.25, -0.2) is 13.1 Å². The number of amides is 2. The van der Waals surface area contributed by atoms with E-state index in [0.717, 1.165) is 18.1 Å². The van der Waals surface area contributed by atoms with Gasteiger partial charge in [0.05, 0.1) is 18.3 Å². The molecule has 5 N–H and O–H groups in total. The molecule has 12 heteroatoms. The minimum atomic E-state index is -3.64. The number of carbonyl (C=O) groups excluding carboxylic acids is 2. The van der Waals surface area contributed by atoms with Crippen LogP contribution < -0.4 is 15.4 Å². The molecule has 1 heterocycles. The summed E-state index contributed by atoms with van der Waals surface area (Å²) in [4.78, 5) is 27.7. The number of aliphatic hydroxyl groups is 2. The van der Waals surface area contributed by atoms with Crippen LogP contribution in [-0.4, -0.2) is 66.0 Å². The van der Waals surface area contributed by atoms with Crippen LogP contribution >= 0.6 is 0 Å². The zero-order valence-corrected chi connectivity index (χ0v) is 18.1. The number of nitrogens with one attached hydrogen (secondary N) is 3. The molecule has 0 saturated carbocycles. The van der Waals surface area contributed by atoms with Gasteiger partial charge in [-0.05, 0) is 18.9 Å². The average Bonchev–Trinajstić information content (AvgIpc) is 3.13. The number of hydrogen-bond donors (Lipinski definition) is 5. The molecule has 170 valence electrons. The van der Waals surface area contributed by atoms with Gasteiger partial charge in [0.1, 0.15) is 18.5 Å². The Kier molecular flexibility index (Phi) is 8.14. The highest BCUT2D eigenvalue weighted by Gasteiger charge is 2.32. The van der Waals surface area contributed by atoms with Gasteiger partial charge in [0, 0.05) is 6.92 Å². The van der Waals surface area contributed by atoms with E-state index in [1.54, 1.807) is 24.3 Å². The van der Waals surface area contributed by atoms with Crippen LogP contribution in [0.5, 0.6) is 0 Å². The summed E-state index contributed by atoms with van der Waals surface area (Å²) in [7, 11) is -3.64. The van der Waals surface area contributed by atoms with Gasteiger partial charge in [-0.15, -0.1) is 0 Å². The summed E-state index contributed by atoms with van der Waals surface area (Å²) in [5.74, 6) is -1.12. The highest BCUT2D eigenvalue weighted by atomic mass is 32.2. The summed E-state index contributed by atoms with van der Waals surface area (Å²) in [6, 6.07) is 6.86. The molecule has 4 unspecified atom stereocenters. The molecule has 31 heavy (non-hydrogen) atoms. The Bertz CT molecular complexity index is 994. The van der Waals surface area contributed by atoms with Crippen molar-refractivity contribution >= 4 is 27.9 Å². The van der Waals surface area contributed by atoms with E-state index in [1.165, 1.54) is 13.8 Å². The minimum absolute atomic E-state index is 0.171. The number of carbonyl (C=O) groups is 2. The maximum atomic E-state index is 12.6. The molecule has 0 spiro atoms. The Hall–Kier alpha value is -2.96. The minimum Gasteiger partial charge on any atom is -0.431 e. The van der Waals surface area contributed by atoms with E-state index in [-0.39, 0.29) is 24.0 Å². The fourth-order valence-electron chi connectivity index (χ4n) is 2.89. The summed E-state index contributed by atoms with van der Waals surface area (Å²) < 4.78 is 29.5. The quantitative estimate of drug-likeness (QED) is 0.324. The number of aliphatic hydroxyl groups excluding tert-OH is 2. The van der Waals surface area contributed by atoms with E-state index in [0.29, 0.717) is 0 Å². The Labute approximate surface area is 179 Å². The van der Waals surface area contributed by atoms with Crippen molar-refractivity contribution in [2.45, 2.75) is 44.6 Å². The Balaban J connectivity index is 2.19. The maximum absolute atomic E-state index is 12.6. The molecule has 1 aromatic heterocycles. The lowest BCUT2D eigenvalue weighted by Crippen LogP contribution is -2.55. The summed E-state index contributed by atoms with van der Waals surface area (Å²) in [5, 5.41) is 26.3. The highest BCUT2D eigenvalue weighted by molar-refractivity contribution is 7.91. The zero-order chi connectivity index (χ0) is 23.2. The van der Waals surface area contributed by atoms with Gasteiger partial charge in [-0.2, -0.15) is 4.98 Å². The lowest BCUT2D eigenvalue weighted by Gasteiger charge is -2.31. The van der Waals surface area contributed by atoms with Crippen LogP contribution in [0.4, 0.5) is 6.01 Å². The molecule has 0 bridgehead atoms. The summed E-state index contributed by atoms with van der Waals surface area (Å²) in [5.41, 5.74) is 0.562. The topological polar surface area (TPSA) is 171 Å². The van der Waals surface area contributed by atoms with E-state index < -0.39 is 40.2 Å². The van der Waals surface area contributed by atoms with Gasteiger partial charge >= 0.3 is 6.01 Å². The second-order valence-electron chi connectivity index (χ2n) is 7.15. The van der Waals surface area contributed by atoms with Crippen LogP contribution in [-0.2, 0) is 21.2 Å². The highest BCUT2D eigenvalue weighted by Crippen LogP contribution is 2.14. The van der Waals surface area contributed by atoms with Crippen molar-refractivity contribution in [2.75, 3.05) is 11.0 Å². The van der Waals surface area contributed by atoms with E-state index in [2.05, 4.69) is 15.6 Å². The smallest absolute Gasteiger partial charge is 0.309 e. The lowest BCUT2D eigenvalue weighted by atomic mass is 9.94. The molecule has 0 fully saturated rings. The first-order chi connectivity index (χ1) is 14.5. The first-order valence-electron chi connectivity index (χ1n) is 9.37. The molecule has 0 aliphatic rings. The largest absolute Gasteiger partial charge is 0.431 e. The first-order valence-corrected chi connectivity index (χ1v) is 11.3. The second kappa shape index (κ2) is 10.4. The standard InChI is InChI=1S/C19H26N4O7S/c1-11(20-12(2)24)16(25)17(26)14(9-13-7-5-4-6-8-13)21-18(27)15-10-30-19(22-15)23-31(3,28)29/h4-8,10-11,14,16-17,25-26H,9H2,1-3H3,(H,20,24)(H,21,27)(H,22,23). The second-order valence-corrected chi connectivity index (χ2v) is 8.90. The van der Waals surface area contributed by atoms with Crippen LogP contribution in [0.3, 0.4) is 0 Å². The van der Waals surface area contributed by atoms with Gasteiger partial charge in [-0.3, -0.25) is 9.59 Å². The third kappa shape index (κ3) is 7.66. The van der Waals surface area contributed by atoms with E-state index in [9.17, 15) is 28.2 Å². The van der Waals surface area contributed by atoms with Crippen molar-refractivity contribution in [3.05, 3.63) is 47.9 Å². The summed E-state index contributed by atoms with van der Waals surface area (Å²) in [6.07, 6.45) is -0.778. The number of oxazole rings is 1. The Morgan fingerprint density at radius 2 is 1.77 bits per heavy atom. The molecule has 0 saturated heterocycles. The Morgan fingerprint density at radius 3 is 2.35 bits per heavy atom. The number of anilines is 1. The molecule has 2 rings (SSSR count). The fourth-order valence-corrected chi connectivity index (χ4v) is 3.30. The summed E-state index contributed by atoms with van der Waals surface area (Å²) in [6.45, 7) is 2.81. The normalized spacial score (nSPS) is 15.4. The van der Waals surface area contributed by atoms with E-state index >= 15 is 0 Å². The van der Waals surface area contributed by atoms with Crippen LogP contribution in [0.1, 0.15) is 29.9 Å². The number of aromatic nitrogens is 1. The fraction of sp³-hybridized carbons (Fsp3) is 0.421. The molecular formula is C19H26N4O7S. The number of benzene rings is 1. The molecule has 11 nitrogen and oxygen atoms in total. The van der Waals surface area contributed by atoms with Crippen molar-refractivity contribution in [2.24, 2.45) is 0 Å². The zero-order valence-electron chi connectivity index (χ0n) is 17.3. The molecule has 2 amide bonds. The van der Waals surface area contributed by atoms with Crippen LogP contribution in [0.15, 0.2) is 41.0 Å². The average molecular weight is 455 g/mol. The predicted molar refractivity (Wildman–Crippen MR) is 112 cm³/mol. The molecule has 1 aromatic carbocycles. The monoisotopic (exact) mass is 454 g/mol. The number of hydrogen-bond acceptors (Lipinski definition) is 8.